The van der Waals surface area contributed by atoms with Crippen LogP contribution >= 0.6 is 22.6 Å². The number of nitro groups is 1. The molecule has 1 fully saturated rings. The van der Waals surface area contributed by atoms with Crippen molar-refractivity contribution in [1.82, 2.24) is 4.90 Å². The van der Waals surface area contributed by atoms with Crippen molar-refractivity contribution in [3.8, 4) is 0 Å². The molecule has 0 bridgehead atoms. The van der Waals surface area contributed by atoms with Gasteiger partial charge in [-0.1, -0.05) is 12.8 Å². The third-order valence-electron chi connectivity index (χ3n) is 3.90. The lowest BCUT2D eigenvalue weighted by Crippen LogP contribution is -2.43. The molecule has 0 aliphatic heterocycles. The Morgan fingerprint density at radius 1 is 1.38 bits per heavy atom. The molecule has 1 amide bonds. The molecule has 5 nitrogen and oxygen atoms in total. The molecule has 0 radical (unpaired) electrons. The second-order valence-electron chi connectivity index (χ2n) is 5.67. The summed E-state index contributed by atoms with van der Waals surface area (Å²) in [6.45, 7) is 4.00. The van der Waals surface area contributed by atoms with E-state index in [1.807, 2.05) is 18.7 Å². The number of carbonyl (C=O) groups excluding carboxylic acids is 1. The number of nitrogens with zero attached hydrogens (tertiary/aromatic N) is 2. The van der Waals surface area contributed by atoms with E-state index in [0.29, 0.717) is 5.56 Å². The maximum Gasteiger partial charge on any atom is 0.270 e. The van der Waals surface area contributed by atoms with Gasteiger partial charge in [-0.3, -0.25) is 14.9 Å². The highest BCUT2D eigenvalue weighted by atomic mass is 127. The Labute approximate surface area is 138 Å². The first-order valence-corrected chi connectivity index (χ1v) is 8.26. The lowest BCUT2D eigenvalue weighted by Gasteiger charge is -2.33. The van der Waals surface area contributed by atoms with E-state index >= 15 is 0 Å². The Morgan fingerprint density at radius 3 is 2.52 bits per heavy atom. The van der Waals surface area contributed by atoms with E-state index in [2.05, 4.69) is 22.6 Å². The van der Waals surface area contributed by atoms with Crippen LogP contribution in [0.15, 0.2) is 18.2 Å². The van der Waals surface area contributed by atoms with Crippen LogP contribution in [-0.4, -0.2) is 27.8 Å². The quantitative estimate of drug-likeness (QED) is 0.435. The van der Waals surface area contributed by atoms with Gasteiger partial charge in [-0.05, 0) is 55.3 Å². The molecule has 1 aliphatic carbocycles. The summed E-state index contributed by atoms with van der Waals surface area (Å²) in [6.07, 6.45) is 4.34. The first-order chi connectivity index (χ1) is 9.91. The van der Waals surface area contributed by atoms with Crippen LogP contribution in [0.5, 0.6) is 0 Å². The van der Waals surface area contributed by atoms with Gasteiger partial charge in [0, 0.05) is 27.8 Å². The van der Waals surface area contributed by atoms with Crippen molar-refractivity contribution in [2.45, 2.75) is 51.6 Å². The van der Waals surface area contributed by atoms with E-state index in [1.54, 1.807) is 6.07 Å². The number of non-ortho nitro benzene ring substituents is 1. The Bertz CT molecular complexity index is 554. The fraction of sp³-hybridized carbons (Fsp3) is 0.533. The van der Waals surface area contributed by atoms with Gasteiger partial charge in [0.25, 0.3) is 11.6 Å². The second kappa shape index (κ2) is 6.72. The zero-order valence-corrected chi connectivity index (χ0v) is 14.4. The van der Waals surface area contributed by atoms with Crippen LogP contribution in [0.3, 0.4) is 0 Å². The summed E-state index contributed by atoms with van der Waals surface area (Å²) >= 11 is 2.07. The Morgan fingerprint density at radius 2 is 2.00 bits per heavy atom. The van der Waals surface area contributed by atoms with E-state index in [1.165, 1.54) is 12.1 Å². The minimum absolute atomic E-state index is 0.0334. The maximum atomic E-state index is 12.9. The molecule has 0 atom stereocenters. The fourth-order valence-corrected chi connectivity index (χ4v) is 3.50. The predicted molar refractivity (Wildman–Crippen MR) is 89.4 cm³/mol. The summed E-state index contributed by atoms with van der Waals surface area (Å²) in [4.78, 5) is 25.2. The van der Waals surface area contributed by atoms with Crippen molar-refractivity contribution in [3.05, 3.63) is 37.4 Å². The van der Waals surface area contributed by atoms with Gasteiger partial charge >= 0.3 is 0 Å². The van der Waals surface area contributed by atoms with Crippen LogP contribution in [0, 0.1) is 13.7 Å². The summed E-state index contributed by atoms with van der Waals surface area (Å²) in [7, 11) is 0. The minimum atomic E-state index is -0.456. The molecule has 1 aliphatic rings. The largest absolute Gasteiger partial charge is 0.333 e. The number of benzene rings is 1. The molecule has 114 valence electrons. The zero-order chi connectivity index (χ0) is 15.6. The van der Waals surface area contributed by atoms with Crippen LogP contribution in [0.2, 0.25) is 0 Å². The molecule has 2 rings (SSSR count). The molecule has 0 heterocycles. The van der Waals surface area contributed by atoms with E-state index in [4.69, 9.17) is 0 Å². The monoisotopic (exact) mass is 402 g/mol. The lowest BCUT2D eigenvalue weighted by atomic mass is 10.1. The van der Waals surface area contributed by atoms with Gasteiger partial charge in [0.15, 0.2) is 0 Å². The minimum Gasteiger partial charge on any atom is -0.333 e. The maximum absolute atomic E-state index is 12.9. The topological polar surface area (TPSA) is 63.5 Å². The highest BCUT2D eigenvalue weighted by Crippen LogP contribution is 2.28. The lowest BCUT2D eigenvalue weighted by molar-refractivity contribution is -0.384. The molecule has 1 aromatic rings. The van der Waals surface area contributed by atoms with Gasteiger partial charge in [-0.2, -0.15) is 0 Å². The highest BCUT2D eigenvalue weighted by Gasteiger charge is 2.30. The van der Waals surface area contributed by atoms with Gasteiger partial charge in [-0.25, -0.2) is 0 Å². The van der Waals surface area contributed by atoms with Crippen LogP contribution in [0.25, 0.3) is 0 Å². The van der Waals surface area contributed by atoms with Gasteiger partial charge in [0.05, 0.1) is 10.5 Å². The standard InChI is InChI=1S/C15H19IN2O3/c1-10(2)17(11-5-3-4-6-11)15(19)13-9-12(18(20)21)7-8-14(13)16/h7-11H,3-6H2,1-2H3. The van der Waals surface area contributed by atoms with Crippen molar-refractivity contribution in [3.63, 3.8) is 0 Å². The first kappa shape index (κ1) is 16.2. The van der Waals surface area contributed by atoms with Crippen molar-refractivity contribution in [2.24, 2.45) is 0 Å². The van der Waals surface area contributed by atoms with Crippen LogP contribution in [0.1, 0.15) is 49.9 Å². The molecule has 6 heteroatoms. The van der Waals surface area contributed by atoms with Crippen molar-refractivity contribution in [2.75, 3.05) is 0 Å². The average Bonchev–Trinajstić information content (AvgIpc) is 2.92. The number of halogens is 1. The summed E-state index contributed by atoms with van der Waals surface area (Å²) in [6, 6.07) is 4.82. The zero-order valence-electron chi connectivity index (χ0n) is 12.2. The fourth-order valence-electron chi connectivity index (χ4n) is 2.93. The number of hydrogen-bond acceptors (Lipinski definition) is 3. The molecular formula is C15H19IN2O3. The third-order valence-corrected chi connectivity index (χ3v) is 4.84. The van der Waals surface area contributed by atoms with E-state index in [9.17, 15) is 14.9 Å². The number of amides is 1. The Hall–Kier alpha value is -1.18. The first-order valence-electron chi connectivity index (χ1n) is 7.18. The van der Waals surface area contributed by atoms with E-state index in [-0.39, 0.29) is 23.7 Å². The van der Waals surface area contributed by atoms with Crippen LogP contribution < -0.4 is 0 Å². The molecule has 0 unspecified atom stereocenters. The van der Waals surface area contributed by atoms with Gasteiger partial charge in [-0.15, -0.1) is 0 Å². The number of nitro benzene ring substituents is 1. The molecule has 1 aromatic carbocycles. The molecule has 0 N–H and O–H groups in total. The number of hydrogen-bond donors (Lipinski definition) is 0. The molecular weight excluding hydrogens is 383 g/mol. The smallest absolute Gasteiger partial charge is 0.270 e. The van der Waals surface area contributed by atoms with Gasteiger partial charge in [0.2, 0.25) is 0 Å². The molecule has 21 heavy (non-hydrogen) atoms. The highest BCUT2D eigenvalue weighted by molar-refractivity contribution is 14.1. The third kappa shape index (κ3) is 3.53. The second-order valence-corrected chi connectivity index (χ2v) is 6.83. The summed E-state index contributed by atoms with van der Waals surface area (Å²) < 4.78 is 0.756. The van der Waals surface area contributed by atoms with Crippen molar-refractivity contribution < 1.29 is 9.72 Å². The number of rotatable bonds is 4. The van der Waals surface area contributed by atoms with Crippen molar-refractivity contribution in [1.29, 1.82) is 0 Å². The van der Waals surface area contributed by atoms with Crippen LogP contribution in [0.4, 0.5) is 5.69 Å². The molecule has 0 saturated heterocycles. The van der Waals surface area contributed by atoms with Crippen LogP contribution in [-0.2, 0) is 0 Å². The number of carbonyl (C=O) groups is 1. The average molecular weight is 402 g/mol. The normalized spacial score (nSPS) is 15.4. The Balaban J connectivity index is 2.36. The Kier molecular flexibility index (Phi) is 5.18. The molecule has 0 aromatic heterocycles. The van der Waals surface area contributed by atoms with Crippen molar-refractivity contribution >= 4 is 34.2 Å². The van der Waals surface area contributed by atoms with E-state index in [0.717, 1.165) is 29.3 Å². The van der Waals surface area contributed by atoms with Gasteiger partial charge < -0.3 is 4.90 Å². The predicted octanol–water partition coefficient (Wildman–Crippen LogP) is 3.99. The summed E-state index contributed by atoms with van der Waals surface area (Å²) in [5.41, 5.74) is 0.402. The molecule has 0 spiro atoms. The van der Waals surface area contributed by atoms with E-state index < -0.39 is 4.92 Å². The van der Waals surface area contributed by atoms with Gasteiger partial charge in [0.1, 0.15) is 0 Å². The summed E-state index contributed by atoms with van der Waals surface area (Å²) in [5, 5.41) is 10.9. The molecule has 1 saturated carbocycles. The SMILES string of the molecule is CC(C)N(C(=O)c1cc([N+](=O)[O-])ccc1I)C1CCCC1. The summed E-state index contributed by atoms with van der Waals surface area (Å²) in [5.74, 6) is -0.0926.